The van der Waals surface area contributed by atoms with Crippen molar-refractivity contribution in [3.63, 3.8) is 0 Å². The first kappa shape index (κ1) is 20.5. The first-order chi connectivity index (χ1) is 14.3. The van der Waals surface area contributed by atoms with Gasteiger partial charge in [0.25, 0.3) is 11.2 Å². The number of ketones is 1. The molecule has 0 saturated heterocycles. The molecule has 0 fully saturated rings. The Hall–Kier alpha value is -4.27. The number of non-ortho nitro benzene ring substituents is 1. The lowest BCUT2D eigenvalue weighted by Crippen LogP contribution is -2.27. The molecule has 0 spiro atoms. The third-order valence-corrected chi connectivity index (χ3v) is 4.24. The van der Waals surface area contributed by atoms with Crippen molar-refractivity contribution in [2.45, 2.75) is 6.92 Å². The quantitative estimate of drug-likeness (QED) is 0.287. The van der Waals surface area contributed by atoms with Gasteiger partial charge in [0.2, 0.25) is 0 Å². The van der Waals surface area contributed by atoms with Crippen LogP contribution in [0, 0.1) is 10.1 Å². The number of rotatable bonds is 6. The molecule has 9 nitrogen and oxygen atoms in total. The van der Waals surface area contributed by atoms with Gasteiger partial charge >= 0.3 is 5.97 Å². The molecule has 9 heteroatoms. The molecule has 2 aromatic carbocycles. The van der Waals surface area contributed by atoms with E-state index < -0.39 is 27.8 Å². The monoisotopic (exact) mass is 408 g/mol. The molecule has 3 aromatic rings. The van der Waals surface area contributed by atoms with Crippen LogP contribution in [-0.4, -0.2) is 33.0 Å². The minimum atomic E-state index is -0.936. The first-order valence-corrected chi connectivity index (χ1v) is 8.84. The molecule has 0 amide bonds. The molecular weight excluding hydrogens is 392 g/mol. The number of hydrogen-bond acceptors (Lipinski definition) is 7. The minimum absolute atomic E-state index is 0.00668. The van der Waals surface area contributed by atoms with Crippen LogP contribution in [0.5, 0.6) is 5.75 Å². The zero-order valence-electron chi connectivity index (χ0n) is 15.8. The predicted octanol–water partition coefficient (Wildman–Crippen LogP) is 2.86. The van der Waals surface area contributed by atoms with Crippen LogP contribution in [0.2, 0.25) is 0 Å². The molecule has 0 aliphatic rings. The summed E-state index contributed by atoms with van der Waals surface area (Å²) in [6, 6.07) is 12.1. The zero-order valence-corrected chi connectivity index (χ0v) is 15.8. The molecule has 0 bridgehead atoms. The number of para-hydroxylation sites is 1. The van der Waals surface area contributed by atoms with Crippen LogP contribution < -0.4 is 5.56 Å². The number of benzene rings is 2. The normalized spacial score (nSPS) is 10.4. The van der Waals surface area contributed by atoms with E-state index in [0.717, 1.165) is 16.7 Å². The molecule has 0 unspecified atom stereocenters. The summed E-state index contributed by atoms with van der Waals surface area (Å²) in [4.78, 5) is 48.6. The van der Waals surface area contributed by atoms with Gasteiger partial charge in [-0.2, -0.15) is 0 Å². The van der Waals surface area contributed by atoms with Crippen molar-refractivity contribution in [3.8, 4) is 11.4 Å². The Bertz CT molecular complexity index is 1210. The van der Waals surface area contributed by atoms with E-state index in [4.69, 9.17) is 4.74 Å². The first-order valence-electron chi connectivity index (χ1n) is 8.84. The maximum absolute atomic E-state index is 12.9. The van der Waals surface area contributed by atoms with Gasteiger partial charge in [0.1, 0.15) is 11.3 Å². The molecule has 1 aromatic heterocycles. The predicted molar refractivity (Wildman–Crippen MR) is 106 cm³/mol. The van der Waals surface area contributed by atoms with Gasteiger partial charge in [-0.1, -0.05) is 18.2 Å². The number of nitro groups is 1. The second-order valence-corrected chi connectivity index (χ2v) is 6.16. The van der Waals surface area contributed by atoms with Crippen molar-refractivity contribution in [1.82, 2.24) is 4.57 Å². The van der Waals surface area contributed by atoms with Gasteiger partial charge in [0.15, 0.2) is 5.78 Å². The Balaban J connectivity index is 2.24. The van der Waals surface area contributed by atoms with Crippen LogP contribution >= 0.6 is 0 Å². The van der Waals surface area contributed by atoms with Crippen molar-refractivity contribution in [2.75, 3.05) is 6.61 Å². The lowest BCUT2D eigenvalue weighted by Gasteiger charge is -2.12. The van der Waals surface area contributed by atoms with Gasteiger partial charge in [-0.05, 0) is 31.2 Å². The Labute approximate surface area is 169 Å². The lowest BCUT2D eigenvalue weighted by molar-refractivity contribution is -0.384. The van der Waals surface area contributed by atoms with E-state index in [0.29, 0.717) is 0 Å². The standard InChI is InChI=1S/C21H16N2O7/c1-2-30-21(27)17-10-13(19(25)16-8-3-4-9-18(16)24)12-22(20(17)26)14-6-5-7-15(11-14)23(28)29/h3-12,24H,2H2,1H3. The topological polar surface area (TPSA) is 129 Å². The fraction of sp³-hybridized carbons (Fsp3) is 0.0952. The van der Waals surface area contributed by atoms with E-state index in [1.807, 2.05) is 0 Å². The Morgan fingerprint density at radius 1 is 1.10 bits per heavy atom. The molecule has 1 heterocycles. The summed E-state index contributed by atoms with van der Waals surface area (Å²) in [7, 11) is 0. The number of nitro benzene ring substituents is 1. The fourth-order valence-electron chi connectivity index (χ4n) is 2.83. The number of hydrogen-bond donors (Lipinski definition) is 1. The number of nitrogens with zero attached hydrogens (tertiary/aromatic N) is 2. The van der Waals surface area contributed by atoms with Crippen LogP contribution in [0.25, 0.3) is 5.69 Å². The van der Waals surface area contributed by atoms with Crippen LogP contribution in [0.1, 0.15) is 33.2 Å². The SMILES string of the molecule is CCOC(=O)c1cc(C(=O)c2ccccc2O)cn(-c2cccc([N+](=O)[O-])c2)c1=O. The highest BCUT2D eigenvalue weighted by Crippen LogP contribution is 2.21. The number of phenolic OH excluding ortho intramolecular Hbond substituents is 1. The number of ether oxygens (including phenoxy) is 1. The summed E-state index contributed by atoms with van der Waals surface area (Å²) in [5.41, 5.74) is -1.50. The Morgan fingerprint density at radius 3 is 2.50 bits per heavy atom. The van der Waals surface area contributed by atoms with E-state index in [1.165, 1.54) is 36.5 Å². The molecule has 30 heavy (non-hydrogen) atoms. The highest BCUT2D eigenvalue weighted by molar-refractivity contribution is 6.11. The zero-order chi connectivity index (χ0) is 21.8. The van der Waals surface area contributed by atoms with Crippen molar-refractivity contribution >= 4 is 17.4 Å². The van der Waals surface area contributed by atoms with Crippen LogP contribution in [0.4, 0.5) is 5.69 Å². The fourth-order valence-corrected chi connectivity index (χ4v) is 2.83. The van der Waals surface area contributed by atoms with Crippen LogP contribution in [0.3, 0.4) is 0 Å². The second kappa shape index (κ2) is 8.39. The third kappa shape index (κ3) is 3.95. The van der Waals surface area contributed by atoms with Crippen LogP contribution in [-0.2, 0) is 4.74 Å². The number of carbonyl (C=O) groups excluding carboxylic acids is 2. The summed E-state index contributed by atoms with van der Waals surface area (Å²) in [6.45, 7) is 1.57. The second-order valence-electron chi connectivity index (χ2n) is 6.16. The summed E-state index contributed by atoms with van der Waals surface area (Å²) in [5, 5.41) is 21.1. The minimum Gasteiger partial charge on any atom is -0.507 e. The maximum atomic E-state index is 12.9. The summed E-state index contributed by atoms with van der Waals surface area (Å²) >= 11 is 0. The average Bonchev–Trinajstić information content (AvgIpc) is 2.74. The largest absolute Gasteiger partial charge is 0.507 e. The molecule has 1 N–H and O–H groups in total. The molecule has 0 aliphatic heterocycles. The summed E-state index contributed by atoms with van der Waals surface area (Å²) in [5.74, 6) is -1.85. The Morgan fingerprint density at radius 2 is 1.83 bits per heavy atom. The summed E-state index contributed by atoms with van der Waals surface area (Å²) < 4.78 is 5.87. The van der Waals surface area contributed by atoms with E-state index in [2.05, 4.69) is 0 Å². The highest BCUT2D eigenvalue weighted by atomic mass is 16.6. The highest BCUT2D eigenvalue weighted by Gasteiger charge is 2.22. The van der Waals surface area contributed by atoms with Crippen molar-refractivity contribution in [3.05, 3.63) is 98.0 Å². The average molecular weight is 408 g/mol. The summed E-state index contributed by atoms with van der Waals surface area (Å²) in [6.07, 6.45) is 1.17. The number of esters is 1. The molecular formula is C21H16N2O7. The van der Waals surface area contributed by atoms with Gasteiger partial charge in [-0.3, -0.25) is 24.3 Å². The molecule has 152 valence electrons. The van der Waals surface area contributed by atoms with E-state index >= 15 is 0 Å². The van der Waals surface area contributed by atoms with Gasteiger partial charge in [-0.15, -0.1) is 0 Å². The van der Waals surface area contributed by atoms with Crippen molar-refractivity contribution in [1.29, 1.82) is 0 Å². The Kier molecular flexibility index (Phi) is 5.73. The smallest absolute Gasteiger partial charge is 0.343 e. The van der Waals surface area contributed by atoms with Gasteiger partial charge in [-0.25, -0.2) is 4.79 Å². The van der Waals surface area contributed by atoms with Crippen molar-refractivity contribution in [2.24, 2.45) is 0 Å². The van der Waals surface area contributed by atoms with Gasteiger partial charge < -0.3 is 9.84 Å². The number of aromatic hydroxyl groups is 1. The van der Waals surface area contributed by atoms with E-state index in [1.54, 1.807) is 19.1 Å². The molecule has 0 atom stereocenters. The van der Waals surface area contributed by atoms with E-state index in [9.17, 15) is 29.6 Å². The number of pyridine rings is 1. The van der Waals surface area contributed by atoms with Gasteiger partial charge in [0.05, 0.1) is 22.8 Å². The number of aromatic nitrogens is 1. The molecule has 0 aliphatic carbocycles. The van der Waals surface area contributed by atoms with Gasteiger partial charge in [0, 0.05) is 23.9 Å². The lowest BCUT2D eigenvalue weighted by atomic mass is 10.0. The maximum Gasteiger partial charge on any atom is 0.343 e. The third-order valence-electron chi connectivity index (χ3n) is 4.24. The van der Waals surface area contributed by atoms with Crippen LogP contribution in [0.15, 0.2) is 65.6 Å². The molecule has 0 radical (unpaired) electrons. The molecule has 0 saturated carbocycles. The van der Waals surface area contributed by atoms with Crippen molar-refractivity contribution < 1.29 is 24.4 Å². The number of phenols is 1. The van der Waals surface area contributed by atoms with E-state index in [-0.39, 0.29) is 34.9 Å². The molecule has 3 rings (SSSR count). The number of carbonyl (C=O) groups is 2.